The van der Waals surface area contributed by atoms with Crippen molar-refractivity contribution in [3.63, 3.8) is 0 Å². The van der Waals surface area contributed by atoms with Gasteiger partial charge in [-0.15, -0.1) is 0 Å². The molecular formula is C17H20AsFN2O5. The Morgan fingerprint density at radius 1 is 1.15 bits per heavy atom. The summed E-state index contributed by atoms with van der Waals surface area (Å²) in [7, 11) is 0. The Balaban J connectivity index is 2.48. The average Bonchev–Trinajstić information content (AvgIpc) is 2.46. The quantitative estimate of drug-likeness (QED) is 0.467. The molecule has 5 N–H and O–H groups in total. The molecule has 0 aliphatic carbocycles. The fourth-order valence-corrected chi connectivity index (χ4v) is 4.19. The van der Waals surface area contributed by atoms with E-state index in [2.05, 4.69) is 10.6 Å². The van der Waals surface area contributed by atoms with E-state index in [0.29, 0.717) is 11.3 Å². The molecule has 0 fully saturated rings. The molecule has 0 unspecified atom stereocenters. The minimum atomic E-state index is -5.49. The second-order valence-corrected chi connectivity index (χ2v) is 9.35. The molecule has 0 aliphatic rings. The number of anilines is 3. The number of carbonyl (C=O) groups is 1. The van der Waals surface area contributed by atoms with Crippen LogP contribution in [0.4, 0.5) is 21.5 Å². The van der Waals surface area contributed by atoms with Crippen molar-refractivity contribution in [1.29, 1.82) is 0 Å². The minimum absolute atomic E-state index is 0.0419. The zero-order valence-corrected chi connectivity index (χ0v) is 16.3. The number of benzene rings is 2. The van der Waals surface area contributed by atoms with E-state index in [1.54, 1.807) is 6.07 Å². The maximum atomic E-state index is 13.8. The Kier molecular flexibility index (Phi) is 5.80. The van der Waals surface area contributed by atoms with Gasteiger partial charge in [-0.05, 0) is 0 Å². The van der Waals surface area contributed by atoms with Crippen molar-refractivity contribution in [1.82, 2.24) is 0 Å². The number of rotatable bonds is 5. The van der Waals surface area contributed by atoms with Crippen LogP contribution in [0.15, 0.2) is 30.3 Å². The van der Waals surface area contributed by atoms with Crippen LogP contribution in [0.1, 0.15) is 32.3 Å². The number of aromatic hydroxyl groups is 1. The normalized spacial score (nSPS) is 11.5. The van der Waals surface area contributed by atoms with Crippen molar-refractivity contribution in [3.8, 4) is 5.75 Å². The van der Waals surface area contributed by atoms with Crippen molar-refractivity contribution in [2.45, 2.75) is 26.7 Å². The van der Waals surface area contributed by atoms with Crippen LogP contribution >= 0.6 is 0 Å². The third kappa shape index (κ3) is 4.66. The molecule has 0 aromatic heterocycles. The molecule has 0 saturated carbocycles. The molecule has 140 valence electrons. The van der Waals surface area contributed by atoms with Crippen molar-refractivity contribution < 1.29 is 26.2 Å². The van der Waals surface area contributed by atoms with Crippen molar-refractivity contribution >= 4 is 41.5 Å². The molecule has 2 aromatic rings. The first kappa shape index (κ1) is 20.0. The number of nitrogens with one attached hydrogen (secondary N) is 2. The number of hydrogen-bond acceptors (Lipinski definition) is 4. The Morgan fingerprint density at radius 2 is 1.81 bits per heavy atom. The molecule has 0 aliphatic heterocycles. The van der Waals surface area contributed by atoms with Crippen LogP contribution in [-0.4, -0.2) is 33.4 Å². The molecule has 0 spiro atoms. The van der Waals surface area contributed by atoms with Crippen LogP contribution in [0, 0.1) is 5.82 Å². The fourth-order valence-electron chi connectivity index (χ4n) is 2.51. The molecule has 26 heavy (non-hydrogen) atoms. The van der Waals surface area contributed by atoms with E-state index >= 15 is 0 Å². The summed E-state index contributed by atoms with van der Waals surface area (Å²) >= 11 is -5.49. The van der Waals surface area contributed by atoms with E-state index in [1.807, 2.05) is 13.8 Å². The van der Waals surface area contributed by atoms with Gasteiger partial charge in [0, 0.05) is 0 Å². The molecule has 0 heterocycles. The van der Waals surface area contributed by atoms with Gasteiger partial charge in [0.2, 0.25) is 0 Å². The van der Waals surface area contributed by atoms with Gasteiger partial charge in [-0.1, -0.05) is 0 Å². The first-order chi connectivity index (χ1) is 12.0. The van der Waals surface area contributed by atoms with E-state index in [0.717, 1.165) is 6.07 Å². The summed E-state index contributed by atoms with van der Waals surface area (Å²) in [5.74, 6) is -1.57. The Labute approximate surface area is 152 Å². The van der Waals surface area contributed by atoms with Gasteiger partial charge in [0.05, 0.1) is 0 Å². The topological polar surface area (TPSA) is 119 Å². The van der Waals surface area contributed by atoms with Gasteiger partial charge in [-0.2, -0.15) is 0 Å². The summed E-state index contributed by atoms with van der Waals surface area (Å²) in [6, 6.07) is 6.85. The summed E-state index contributed by atoms with van der Waals surface area (Å²) in [5.41, 5.74) is 1.12. The van der Waals surface area contributed by atoms with Gasteiger partial charge >= 0.3 is 153 Å². The Morgan fingerprint density at radius 3 is 2.35 bits per heavy atom. The molecule has 0 radical (unpaired) electrons. The molecule has 7 nitrogen and oxygen atoms in total. The van der Waals surface area contributed by atoms with E-state index < -0.39 is 30.2 Å². The molecule has 9 heteroatoms. The second-order valence-electron chi connectivity index (χ2n) is 6.13. The maximum absolute atomic E-state index is 13.8. The van der Waals surface area contributed by atoms with E-state index in [-0.39, 0.29) is 23.1 Å². The summed E-state index contributed by atoms with van der Waals surface area (Å²) in [6.45, 7) is 4.88. The van der Waals surface area contributed by atoms with Gasteiger partial charge in [0.15, 0.2) is 0 Å². The van der Waals surface area contributed by atoms with Crippen LogP contribution in [0.5, 0.6) is 5.75 Å². The third-order valence-electron chi connectivity index (χ3n) is 3.60. The molecule has 2 aromatic carbocycles. The van der Waals surface area contributed by atoms with E-state index in [4.69, 9.17) is 0 Å². The van der Waals surface area contributed by atoms with Crippen LogP contribution in [-0.2, 0) is 8.53 Å². The second kappa shape index (κ2) is 7.53. The number of phenols is 1. The first-order valence-corrected chi connectivity index (χ1v) is 11.1. The van der Waals surface area contributed by atoms with E-state index in [1.165, 1.54) is 25.1 Å². The van der Waals surface area contributed by atoms with Crippen LogP contribution < -0.4 is 15.0 Å². The van der Waals surface area contributed by atoms with Gasteiger partial charge in [-0.25, -0.2) is 0 Å². The Hall–Kier alpha value is -2.28. The third-order valence-corrected chi connectivity index (χ3v) is 5.81. The van der Waals surface area contributed by atoms with Crippen molar-refractivity contribution in [3.05, 3.63) is 41.7 Å². The molecule has 0 atom stereocenters. The molecule has 1 amide bonds. The predicted molar refractivity (Wildman–Crippen MR) is 96.7 cm³/mol. The zero-order valence-electron chi connectivity index (χ0n) is 14.4. The SMILES string of the molecule is CC(=O)Nc1cc(Nc2ccc(F)c(C(C)C)c2)cc(O)c1[As](=O)(O)O. The molecule has 2 rings (SSSR count). The fraction of sp³-hybridized carbons (Fsp3) is 0.235. The number of halogens is 1. The standard InChI is InChI=1S/C17H20AsFN2O5/c1-9(2)13-6-11(4-5-14(13)19)21-12-7-15(20-10(3)22)17(16(23)8-12)18(24,25)26/h4-9,21,23H,1-3H3,(H,20,22)(H2,24,25,26). The molecule has 0 saturated heterocycles. The van der Waals surface area contributed by atoms with Gasteiger partial charge in [0.25, 0.3) is 0 Å². The van der Waals surface area contributed by atoms with Crippen molar-refractivity contribution in [2.75, 3.05) is 10.6 Å². The van der Waals surface area contributed by atoms with Crippen LogP contribution in [0.25, 0.3) is 0 Å². The summed E-state index contributed by atoms with van der Waals surface area (Å²) in [5, 5.41) is 15.3. The monoisotopic (exact) mass is 426 g/mol. The van der Waals surface area contributed by atoms with Crippen LogP contribution in [0.2, 0.25) is 0 Å². The summed E-state index contributed by atoms with van der Waals surface area (Å²) in [6.07, 6.45) is 0. The van der Waals surface area contributed by atoms with Crippen molar-refractivity contribution in [2.24, 2.45) is 0 Å². The van der Waals surface area contributed by atoms with Gasteiger partial charge in [0.1, 0.15) is 0 Å². The summed E-state index contributed by atoms with van der Waals surface area (Å²) in [4.78, 5) is 11.3. The van der Waals surface area contributed by atoms with Gasteiger partial charge < -0.3 is 0 Å². The summed E-state index contributed by atoms with van der Waals surface area (Å²) < 4.78 is 43.8. The first-order valence-electron chi connectivity index (χ1n) is 7.76. The number of amides is 1. The van der Waals surface area contributed by atoms with Gasteiger partial charge in [-0.3, -0.25) is 0 Å². The molecule has 0 bridgehead atoms. The predicted octanol–water partition coefficient (Wildman–Crippen LogP) is 1.92. The Bertz CT molecular complexity index is 895. The number of phenolic OH excluding ortho intramolecular Hbond substituents is 1. The zero-order chi connectivity index (χ0) is 19.6. The average molecular weight is 426 g/mol. The van der Waals surface area contributed by atoms with E-state index in [9.17, 15) is 26.2 Å². The number of hydrogen-bond donors (Lipinski definition) is 5. The molecular weight excluding hydrogens is 406 g/mol. The number of carbonyl (C=O) groups excluding carboxylic acids is 1. The van der Waals surface area contributed by atoms with Crippen LogP contribution in [0.3, 0.4) is 0 Å².